The van der Waals surface area contributed by atoms with Gasteiger partial charge in [-0.2, -0.15) is 0 Å². The Labute approximate surface area is 262 Å². The number of halogens is 3. The smallest absolute Gasteiger partial charge is 0.258 e. The predicted octanol–water partition coefficient (Wildman–Crippen LogP) is 6.87. The van der Waals surface area contributed by atoms with Gasteiger partial charge in [-0.15, -0.1) is 0 Å². The summed E-state index contributed by atoms with van der Waals surface area (Å²) in [6, 6.07) is 24.5. The van der Waals surface area contributed by atoms with Crippen molar-refractivity contribution in [3.05, 3.63) is 140 Å². The molecule has 7 nitrogen and oxygen atoms in total. The van der Waals surface area contributed by atoms with Crippen LogP contribution < -0.4 is 10.3 Å². The molecule has 2 heterocycles. The first-order valence-electron chi connectivity index (χ1n) is 13.7. The number of aromatic hydroxyl groups is 1. The summed E-state index contributed by atoms with van der Waals surface area (Å²) in [4.78, 5) is 17.2. The minimum Gasteiger partial charge on any atom is -0.507 e. The zero-order valence-electron chi connectivity index (χ0n) is 23.3. The summed E-state index contributed by atoms with van der Waals surface area (Å²) in [5.74, 6) is -1.64. The number of benzene rings is 4. The highest BCUT2D eigenvalue weighted by Crippen LogP contribution is 2.41. The lowest BCUT2D eigenvalue weighted by atomic mass is 9.85. The number of hydrogen-bond acceptors (Lipinski definition) is 4. The van der Waals surface area contributed by atoms with Crippen molar-refractivity contribution in [2.24, 2.45) is 7.05 Å². The molecular formula is C33H26Cl2FN3O4S. The fourth-order valence-corrected chi connectivity index (χ4v) is 7.53. The number of H-pyrrole nitrogens is 1. The number of nitrogens with zero attached hydrogens (tertiary/aromatic N) is 1. The van der Waals surface area contributed by atoms with Gasteiger partial charge in [0.25, 0.3) is 5.56 Å². The van der Waals surface area contributed by atoms with Crippen LogP contribution in [0.5, 0.6) is 5.75 Å². The molecule has 0 amide bonds. The minimum absolute atomic E-state index is 0.0302. The van der Waals surface area contributed by atoms with Gasteiger partial charge in [-0.1, -0.05) is 65.7 Å². The van der Waals surface area contributed by atoms with Crippen molar-refractivity contribution >= 4 is 55.0 Å². The molecule has 0 saturated carbocycles. The van der Waals surface area contributed by atoms with E-state index in [1.807, 2.05) is 24.3 Å². The normalized spacial score (nSPS) is 12.6. The van der Waals surface area contributed by atoms with Crippen molar-refractivity contribution < 1.29 is 17.9 Å². The molecule has 2 aromatic heterocycles. The van der Waals surface area contributed by atoms with Crippen LogP contribution in [0.2, 0.25) is 10.0 Å². The van der Waals surface area contributed by atoms with E-state index in [1.54, 1.807) is 43.4 Å². The second-order valence-corrected chi connectivity index (χ2v) is 13.0. The van der Waals surface area contributed by atoms with E-state index in [9.17, 15) is 22.7 Å². The Morgan fingerprint density at radius 2 is 1.68 bits per heavy atom. The van der Waals surface area contributed by atoms with E-state index in [4.69, 9.17) is 23.2 Å². The topological polar surface area (TPSA) is 104 Å². The number of para-hydroxylation sites is 2. The molecule has 1 atom stereocenters. The number of hydrogen-bond donors (Lipinski definition) is 3. The molecule has 44 heavy (non-hydrogen) atoms. The van der Waals surface area contributed by atoms with Crippen LogP contribution in [-0.2, 0) is 23.5 Å². The molecule has 4 aromatic carbocycles. The predicted molar refractivity (Wildman–Crippen MR) is 172 cm³/mol. The number of aryl methyl sites for hydroxylation is 1. The van der Waals surface area contributed by atoms with E-state index < -0.39 is 27.3 Å². The molecule has 0 spiro atoms. The highest BCUT2D eigenvalue weighted by molar-refractivity contribution is 7.89. The van der Waals surface area contributed by atoms with Crippen LogP contribution in [0.4, 0.5) is 4.39 Å². The summed E-state index contributed by atoms with van der Waals surface area (Å²) in [6.07, 6.45) is 0.192. The number of nitrogens with one attached hydrogen (secondary N) is 2. The maximum absolute atomic E-state index is 14.7. The summed E-state index contributed by atoms with van der Waals surface area (Å²) in [6.45, 7) is -0.0302. The monoisotopic (exact) mass is 649 g/mol. The van der Waals surface area contributed by atoms with E-state index in [1.165, 1.54) is 34.9 Å². The first-order valence-corrected chi connectivity index (χ1v) is 15.9. The lowest BCUT2D eigenvalue weighted by Gasteiger charge is -2.22. The van der Waals surface area contributed by atoms with Crippen LogP contribution >= 0.6 is 23.2 Å². The summed E-state index contributed by atoms with van der Waals surface area (Å²) in [7, 11) is -2.40. The van der Waals surface area contributed by atoms with Crippen LogP contribution in [0.1, 0.15) is 28.3 Å². The van der Waals surface area contributed by atoms with Crippen molar-refractivity contribution in [3.8, 4) is 5.75 Å². The van der Waals surface area contributed by atoms with Crippen LogP contribution in [0.3, 0.4) is 0 Å². The summed E-state index contributed by atoms with van der Waals surface area (Å²) >= 11 is 12.2. The average Bonchev–Trinajstić information content (AvgIpc) is 3.37. The second kappa shape index (κ2) is 11.7. The lowest BCUT2D eigenvalue weighted by Crippen LogP contribution is -2.27. The van der Waals surface area contributed by atoms with Crippen molar-refractivity contribution in [1.82, 2.24) is 14.3 Å². The fourth-order valence-electron chi connectivity index (χ4n) is 5.73. The Hall–Kier alpha value is -4.15. The van der Waals surface area contributed by atoms with Gasteiger partial charge in [-0.3, -0.25) is 4.79 Å². The van der Waals surface area contributed by atoms with Gasteiger partial charge in [0, 0.05) is 40.6 Å². The molecule has 0 bridgehead atoms. The minimum atomic E-state index is -4.03. The van der Waals surface area contributed by atoms with Gasteiger partial charge in [0.2, 0.25) is 10.0 Å². The van der Waals surface area contributed by atoms with E-state index >= 15 is 0 Å². The van der Waals surface area contributed by atoms with Crippen molar-refractivity contribution in [3.63, 3.8) is 0 Å². The molecule has 6 aromatic rings. The number of aromatic amines is 1. The van der Waals surface area contributed by atoms with Crippen molar-refractivity contribution in [2.75, 3.05) is 6.54 Å². The molecule has 0 aliphatic carbocycles. The van der Waals surface area contributed by atoms with Gasteiger partial charge in [-0.05, 0) is 66.1 Å². The van der Waals surface area contributed by atoms with Crippen molar-refractivity contribution in [1.29, 1.82) is 0 Å². The molecule has 11 heteroatoms. The molecule has 3 N–H and O–H groups in total. The molecule has 224 valence electrons. The molecule has 1 unspecified atom stereocenters. The Morgan fingerprint density at radius 3 is 2.45 bits per heavy atom. The molecule has 0 saturated heterocycles. The van der Waals surface area contributed by atoms with Crippen molar-refractivity contribution in [2.45, 2.75) is 17.2 Å². The van der Waals surface area contributed by atoms with Gasteiger partial charge < -0.3 is 14.7 Å². The molecule has 0 radical (unpaired) electrons. The first kappa shape index (κ1) is 29.9. The second-order valence-electron chi connectivity index (χ2n) is 10.4. The van der Waals surface area contributed by atoms with Crippen LogP contribution in [-0.4, -0.2) is 29.6 Å². The van der Waals surface area contributed by atoms with E-state index in [2.05, 4.69) is 9.71 Å². The van der Waals surface area contributed by atoms with Gasteiger partial charge in [0.1, 0.15) is 16.5 Å². The Bertz CT molecular complexity index is 2230. The zero-order valence-corrected chi connectivity index (χ0v) is 25.6. The van der Waals surface area contributed by atoms with E-state index in [0.29, 0.717) is 27.7 Å². The number of aromatic nitrogens is 2. The fraction of sp³-hybridized carbons (Fsp3) is 0.121. The standard InChI is InChI=1S/C33H26Cl2FN3O4S/c1-39-27-12-5-3-10-24(27)32(40)30(33(39)41)29(19-7-6-8-21(36)17-19)31-23(22-9-2-4-11-26(22)38-31)15-16-37-44(42,43)28-18-20(34)13-14-25(28)35/h2-14,17-18,29,37-38,40H,15-16H2,1H3. The average molecular weight is 651 g/mol. The van der Waals surface area contributed by atoms with Crippen LogP contribution in [0.25, 0.3) is 21.8 Å². The molecule has 6 rings (SSSR count). The first-order chi connectivity index (χ1) is 21.1. The third-order valence-electron chi connectivity index (χ3n) is 7.77. The molecule has 0 aliphatic heterocycles. The Balaban J connectivity index is 1.52. The molecule has 0 fully saturated rings. The number of rotatable bonds is 8. The summed E-state index contributed by atoms with van der Waals surface area (Å²) in [5, 5.41) is 13.1. The number of fused-ring (bicyclic) bond motifs is 2. The van der Waals surface area contributed by atoms with Crippen LogP contribution in [0.15, 0.2) is 101 Å². The van der Waals surface area contributed by atoms with Gasteiger partial charge in [0.15, 0.2) is 0 Å². The number of sulfonamides is 1. The van der Waals surface area contributed by atoms with Gasteiger partial charge in [-0.25, -0.2) is 17.5 Å². The Kier molecular flexibility index (Phi) is 7.98. The van der Waals surface area contributed by atoms with E-state index in [-0.39, 0.29) is 39.2 Å². The molecule has 0 aliphatic rings. The van der Waals surface area contributed by atoms with Gasteiger partial charge in [0.05, 0.1) is 22.0 Å². The third-order valence-corrected chi connectivity index (χ3v) is 9.94. The zero-order chi connectivity index (χ0) is 31.2. The Morgan fingerprint density at radius 1 is 0.955 bits per heavy atom. The highest BCUT2D eigenvalue weighted by atomic mass is 35.5. The maximum atomic E-state index is 14.7. The largest absolute Gasteiger partial charge is 0.507 e. The summed E-state index contributed by atoms with van der Waals surface area (Å²) < 4.78 is 45.1. The van der Waals surface area contributed by atoms with Gasteiger partial charge >= 0.3 is 0 Å². The quantitative estimate of drug-likeness (QED) is 0.167. The van der Waals surface area contributed by atoms with Crippen LogP contribution in [0, 0.1) is 5.82 Å². The third kappa shape index (κ3) is 5.37. The van der Waals surface area contributed by atoms with E-state index in [0.717, 1.165) is 10.9 Å². The molecular weight excluding hydrogens is 624 g/mol. The maximum Gasteiger partial charge on any atom is 0.258 e. The number of pyridine rings is 1. The highest BCUT2D eigenvalue weighted by Gasteiger charge is 2.30. The lowest BCUT2D eigenvalue weighted by molar-refractivity contribution is 0.470. The summed E-state index contributed by atoms with van der Waals surface area (Å²) in [5.41, 5.74) is 2.56. The SMILES string of the molecule is Cn1c(=O)c(C(c2cccc(F)c2)c2[nH]c3ccccc3c2CCNS(=O)(=O)c2cc(Cl)ccc2Cl)c(O)c2ccccc21.